The standard InChI is InChI=1S/C12H8ClF2N3O/c13-10-1-6(2-11(16)18-10)12(19)17-9-4-7(14)3-8(15)5-9/h1-5H,(H2,16,18)(H,17,19). The summed E-state index contributed by atoms with van der Waals surface area (Å²) in [5.74, 6) is -2.10. The Balaban J connectivity index is 2.25. The molecule has 1 amide bonds. The number of nitrogens with zero attached hydrogens (tertiary/aromatic N) is 1. The third-order valence-electron chi connectivity index (χ3n) is 2.20. The van der Waals surface area contributed by atoms with Crippen molar-refractivity contribution in [2.45, 2.75) is 0 Å². The van der Waals surface area contributed by atoms with Gasteiger partial charge >= 0.3 is 0 Å². The zero-order valence-electron chi connectivity index (χ0n) is 9.45. The first-order chi connectivity index (χ1) is 8.94. The summed E-state index contributed by atoms with van der Waals surface area (Å²) < 4.78 is 25.9. The van der Waals surface area contributed by atoms with Crippen LogP contribution in [0.4, 0.5) is 20.3 Å². The van der Waals surface area contributed by atoms with Crippen LogP contribution < -0.4 is 11.1 Å². The van der Waals surface area contributed by atoms with Crippen LogP contribution >= 0.6 is 11.6 Å². The number of anilines is 2. The normalized spacial score (nSPS) is 10.3. The lowest BCUT2D eigenvalue weighted by molar-refractivity contribution is 0.102. The van der Waals surface area contributed by atoms with E-state index in [4.69, 9.17) is 17.3 Å². The molecule has 0 saturated carbocycles. The summed E-state index contributed by atoms with van der Waals surface area (Å²) in [4.78, 5) is 15.5. The maximum Gasteiger partial charge on any atom is 0.255 e. The molecule has 0 aliphatic heterocycles. The molecule has 3 N–H and O–H groups in total. The Labute approximate surface area is 112 Å². The lowest BCUT2D eigenvalue weighted by atomic mass is 10.2. The summed E-state index contributed by atoms with van der Waals surface area (Å²) >= 11 is 5.66. The largest absolute Gasteiger partial charge is 0.384 e. The molecule has 4 nitrogen and oxygen atoms in total. The van der Waals surface area contributed by atoms with Crippen LogP contribution in [0.1, 0.15) is 10.4 Å². The van der Waals surface area contributed by atoms with Crippen molar-refractivity contribution in [2.75, 3.05) is 11.1 Å². The Morgan fingerprint density at radius 2 is 1.79 bits per heavy atom. The van der Waals surface area contributed by atoms with Gasteiger partial charge in [0, 0.05) is 17.3 Å². The minimum absolute atomic E-state index is 0.00555. The third kappa shape index (κ3) is 3.38. The van der Waals surface area contributed by atoms with Gasteiger partial charge in [-0.25, -0.2) is 13.8 Å². The highest BCUT2D eigenvalue weighted by Crippen LogP contribution is 2.16. The lowest BCUT2D eigenvalue weighted by Crippen LogP contribution is -2.13. The van der Waals surface area contributed by atoms with E-state index in [1.54, 1.807) is 0 Å². The molecule has 0 atom stereocenters. The second-order valence-electron chi connectivity index (χ2n) is 3.72. The van der Waals surface area contributed by atoms with Gasteiger partial charge in [0.25, 0.3) is 5.91 Å². The summed E-state index contributed by atoms with van der Waals surface area (Å²) in [6.07, 6.45) is 0. The Hall–Kier alpha value is -2.21. The van der Waals surface area contributed by atoms with Gasteiger partial charge in [-0.3, -0.25) is 4.79 Å². The molecule has 0 fully saturated rings. The van der Waals surface area contributed by atoms with Gasteiger partial charge < -0.3 is 11.1 Å². The highest BCUT2D eigenvalue weighted by atomic mass is 35.5. The van der Waals surface area contributed by atoms with Crippen molar-refractivity contribution in [1.29, 1.82) is 0 Å². The summed E-state index contributed by atoms with van der Waals surface area (Å²) in [5, 5.41) is 2.38. The highest BCUT2D eigenvalue weighted by Gasteiger charge is 2.10. The van der Waals surface area contributed by atoms with Crippen LogP contribution in [0.5, 0.6) is 0 Å². The smallest absolute Gasteiger partial charge is 0.255 e. The molecule has 0 spiro atoms. The number of aromatic nitrogens is 1. The first-order valence-corrected chi connectivity index (χ1v) is 5.52. The zero-order valence-corrected chi connectivity index (χ0v) is 10.2. The number of carbonyl (C=O) groups is 1. The third-order valence-corrected chi connectivity index (χ3v) is 2.39. The Bertz CT molecular complexity index is 608. The van der Waals surface area contributed by atoms with Gasteiger partial charge in [-0.1, -0.05) is 11.6 Å². The fourth-order valence-corrected chi connectivity index (χ4v) is 1.69. The first kappa shape index (κ1) is 13.2. The van der Waals surface area contributed by atoms with E-state index in [-0.39, 0.29) is 22.2 Å². The fourth-order valence-electron chi connectivity index (χ4n) is 1.48. The van der Waals surface area contributed by atoms with Gasteiger partial charge in [0.15, 0.2) is 0 Å². The molecule has 1 heterocycles. The van der Waals surface area contributed by atoms with Crippen molar-refractivity contribution in [3.8, 4) is 0 Å². The van der Waals surface area contributed by atoms with E-state index in [0.717, 1.165) is 12.1 Å². The Morgan fingerprint density at radius 1 is 1.16 bits per heavy atom. The van der Waals surface area contributed by atoms with Crippen LogP contribution in [0, 0.1) is 11.6 Å². The molecule has 0 aliphatic carbocycles. The number of amides is 1. The molecule has 0 aliphatic rings. The number of carbonyl (C=O) groups excluding carboxylic acids is 1. The van der Waals surface area contributed by atoms with Crippen LogP contribution in [0.2, 0.25) is 5.15 Å². The number of rotatable bonds is 2. The number of hydrogen-bond acceptors (Lipinski definition) is 3. The van der Waals surface area contributed by atoms with E-state index >= 15 is 0 Å². The molecule has 0 radical (unpaired) electrons. The van der Waals surface area contributed by atoms with Crippen molar-refractivity contribution >= 4 is 29.0 Å². The van der Waals surface area contributed by atoms with Crippen LogP contribution in [0.15, 0.2) is 30.3 Å². The minimum Gasteiger partial charge on any atom is -0.384 e. The van der Waals surface area contributed by atoms with Gasteiger partial charge in [-0.05, 0) is 24.3 Å². The van der Waals surface area contributed by atoms with E-state index in [2.05, 4.69) is 10.3 Å². The minimum atomic E-state index is -0.789. The molecular weight excluding hydrogens is 276 g/mol. The first-order valence-electron chi connectivity index (χ1n) is 5.14. The number of hydrogen-bond donors (Lipinski definition) is 2. The monoisotopic (exact) mass is 283 g/mol. The topological polar surface area (TPSA) is 68.0 Å². The van der Waals surface area contributed by atoms with Crippen LogP contribution in [0.3, 0.4) is 0 Å². The van der Waals surface area contributed by atoms with Crippen molar-refractivity contribution in [2.24, 2.45) is 0 Å². The second kappa shape index (κ2) is 5.19. The lowest BCUT2D eigenvalue weighted by Gasteiger charge is -2.06. The quantitative estimate of drug-likeness (QED) is 0.833. The predicted octanol–water partition coefficient (Wildman–Crippen LogP) is 2.85. The van der Waals surface area contributed by atoms with Crippen molar-refractivity contribution < 1.29 is 13.6 Å². The predicted molar refractivity (Wildman–Crippen MR) is 68.0 cm³/mol. The summed E-state index contributed by atoms with van der Waals surface area (Å²) in [6.45, 7) is 0. The van der Waals surface area contributed by atoms with E-state index in [9.17, 15) is 13.6 Å². The molecule has 1 aromatic heterocycles. The van der Waals surface area contributed by atoms with Gasteiger partial charge in [0.1, 0.15) is 22.6 Å². The molecule has 0 unspecified atom stereocenters. The van der Waals surface area contributed by atoms with Crippen molar-refractivity contribution in [3.63, 3.8) is 0 Å². The average molecular weight is 284 g/mol. The number of pyridine rings is 1. The Kier molecular flexibility index (Phi) is 3.62. The zero-order chi connectivity index (χ0) is 14.0. The number of nitrogens with one attached hydrogen (secondary N) is 1. The molecule has 0 saturated heterocycles. The van der Waals surface area contributed by atoms with Gasteiger partial charge in [0.2, 0.25) is 0 Å². The van der Waals surface area contributed by atoms with E-state index in [1.165, 1.54) is 12.1 Å². The van der Waals surface area contributed by atoms with Gasteiger partial charge in [-0.2, -0.15) is 0 Å². The summed E-state index contributed by atoms with van der Waals surface area (Å²) in [5.41, 5.74) is 5.58. The van der Waals surface area contributed by atoms with Crippen LogP contribution in [-0.4, -0.2) is 10.9 Å². The maximum absolute atomic E-state index is 13.0. The molecule has 2 aromatic rings. The number of benzene rings is 1. The molecule has 7 heteroatoms. The van der Waals surface area contributed by atoms with Crippen molar-refractivity contribution in [3.05, 3.63) is 52.7 Å². The van der Waals surface area contributed by atoms with E-state index in [0.29, 0.717) is 6.07 Å². The summed E-state index contributed by atoms with van der Waals surface area (Å²) in [6, 6.07) is 5.29. The average Bonchev–Trinajstić information content (AvgIpc) is 2.25. The fraction of sp³-hybridized carbons (Fsp3) is 0. The molecule has 2 rings (SSSR count). The number of halogens is 3. The molecular formula is C12H8ClF2N3O. The van der Waals surface area contributed by atoms with Crippen LogP contribution in [0.25, 0.3) is 0 Å². The Morgan fingerprint density at radius 3 is 2.37 bits per heavy atom. The van der Waals surface area contributed by atoms with Crippen molar-refractivity contribution in [1.82, 2.24) is 4.98 Å². The molecule has 19 heavy (non-hydrogen) atoms. The van der Waals surface area contributed by atoms with E-state index in [1.807, 2.05) is 0 Å². The van der Waals surface area contributed by atoms with Gasteiger partial charge in [0.05, 0.1) is 0 Å². The number of nitrogen functional groups attached to an aromatic ring is 1. The summed E-state index contributed by atoms with van der Waals surface area (Å²) in [7, 11) is 0. The number of nitrogens with two attached hydrogens (primary N) is 1. The maximum atomic E-state index is 13.0. The SMILES string of the molecule is Nc1cc(C(=O)Nc2cc(F)cc(F)c2)cc(Cl)n1. The molecule has 98 valence electrons. The second-order valence-corrected chi connectivity index (χ2v) is 4.10. The van der Waals surface area contributed by atoms with Gasteiger partial charge in [-0.15, -0.1) is 0 Å². The molecule has 1 aromatic carbocycles. The van der Waals surface area contributed by atoms with E-state index < -0.39 is 17.5 Å². The van der Waals surface area contributed by atoms with Crippen LogP contribution in [-0.2, 0) is 0 Å². The highest BCUT2D eigenvalue weighted by molar-refractivity contribution is 6.30. The molecule has 0 bridgehead atoms.